The van der Waals surface area contributed by atoms with E-state index < -0.39 is 11.2 Å². The number of aromatic amines is 1. The maximum atomic E-state index is 13.2. The van der Waals surface area contributed by atoms with Crippen molar-refractivity contribution in [2.24, 2.45) is 5.92 Å². The number of nitrogens with one attached hydrogen (secondary N) is 2. The Kier molecular flexibility index (Phi) is 5.57. The average molecular weight is 440 g/mol. The molecule has 2 aliphatic carbocycles. The first-order chi connectivity index (χ1) is 15.5. The minimum absolute atomic E-state index is 0.0379. The summed E-state index contributed by atoms with van der Waals surface area (Å²) in [5, 5.41) is 3.42. The lowest BCUT2D eigenvalue weighted by Gasteiger charge is -2.33. The molecule has 1 aliphatic heterocycles. The van der Waals surface area contributed by atoms with Crippen molar-refractivity contribution >= 4 is 22.8 Å². The molecule has 32 heavy (non-hydrogen) atoms. The molecule has 9 nitrogen and oxygen atoms in total. The predicted molar refractivity (Wildman–Crippen MR) is 119 cm³/mol. The summed E-state index contributed by atoms with van der Waals surface area (Å²) in [5.74, 6) is -0.416. The van der Waals surface area contributed by atoms with Gasteiger partial charge in [0.1, 0.15) is 5.65 Å². The third-order valence-corrected chi connectivity index (χ3v) is 6.97. The van der Waals surface area contributed by atoms with Crippen molar-refractivity contribution in [1.29, 1.82) is 0 Å². The number of carbonyl (C=O) groups is 2. The Balaban J connectivity index is 1.33. The van der Waals surface area contributed by atoms with Gasteiger partial charge in [0, 0.05) is 31.4 Å². The van der Waals surface area contributed by atoms with Gasteiger partial charge in [0.2, 0.25) is 5.91 Å². The highest BCUT2D eigenvalue weighted by Gasteiger charge is 2.31. The molecule has 1 unspecified atom stereocenters. The number of hydrogen-bond donors (Lipinski definition) is 2. The molecule has 2 aromatic rings. The van der Waals surface area contributed by atoms with E-state index in [0.717, 1.165) is 51.4 Å². The second-order valence-corrected chi connectivity index (χ2v) is 9.39. The Bertz CT molecular complexity index is 1160. The Hall–Kier alpha value is -2.97. The van der Waals surface area contributed by atoms with E-state index in [0.29, 0.717) is 24.3 Å². The van der Waals surface area contributed by atoms with E-state index >= 15 is 0 Å². The molecule has 3 aliphatic rings. The van der Waals surface area contributed by atoms with Crippen LogP contribution in [0.2, 0.25) is 0 Å². The van der Waals surface area contributed by atoms with E-state index in [2.05, 4.69) is 15.3 Å². The number of rotatable bonds is 4. The molecule has 2 N–H and O–H groups in total. The number of aromatic nitrogens is 3. The third kappa shape index (κ3) is 4.08. The molecule has 0 bridgehead atoms. The fourth-order valence-electron chi connectivity index (χ4n) is 5.05. The molecule has 170 valence electrons. The van der Waals surface area contributed by atoms with Gasteiger partial charge < -0.3 is 10.2 Å². The summed E-state index contributed by atoms with van der Waals surface area (Å²) in [6.07, 6.45) is 10.3. The maximum Gasteiger partial charge on any atom is 0.330 e. The minimum atomic E-state index is -0.535. The van der Waals surface area contributed by atoms with Crippen molar-refractivity contribution in [3.05, 3.63) is 38.7 Å². The van der Waals surface area contributed by atoms with Gasteiger partial charge in [-0.05, 0) is 44.6 Å². The number of nitrogens with zero attached hydrogens (tertiary/aromatic N) is 3. The van der Waals surface area contributed by atoms with Gasteiger partial charge in [0.05, 0.1) is 16.9 Å². The van der Waals surface area contributed by atoms with Crippen molar-refractivity contribution in [2.75, 3.05) is 13.1 Å². The fraction of sp³-hybridized carbons (Fsp3) is 0.609. The number of likely N-dealkylation sites (tertiary alicyclic amines) is 1. The first kappa shape index (κ1) is 20.9. The standard InChI is InChI=1S/C23H29N5O4/c29-20(25-16-6-2-1-3-7-16)14-5-4-10-27(13-14)22(31)15-11-18-19(24-12-15)28(17-8-9-17)23(32)26-21(18)30/h11-12,14,16-17H,1-10,13H2,(H,25,29)(H,26,30,32). The number of fused-ring (bicyclic) bond motifs is 1. The van der Waals surface area contributed by atoms with Crippen LogP contribution in [0.4, 0.5) is 0 Å². The molecule has 1 atom stereocenters. The van der Waals surface area contributed by atoms with Gasteiger partial charge in [-0.25, -0.2) is 9.78 Å². The lowest BCUT2D eigenvalue weighted by atomic mass is 9.93. The molecule has 9 heteroatoms. The summed E-state index contributed by atoms with van der Waals surface area (Å²) in [7, 11) is 0. The quantitative estimate of drug-likeness (QED) is 0.752. The predicted octanol–water partition coefficient (Wildman–Crippen LogP) is 1.72. The summed E-state index contributed by atoms with van der Waals surface area (Å²) < 4.78 is 1.51. The highest BCUT2D eigenvalue weighted by atomic mass is 16.2. The van der Waals surface area contributed by atoms with Crippen LogP contribution in [0, 0.1) is 5.92 Å². The van der Waals surface area contributed by atoms with E-state index in [1.54, 1.807) is 4.90 Å². The zero-order chi connectivity index (χ0) is 22.2. The van der Waals surface area contributed by atoms with Crippen LogP contribution in [0.3, 0.4) is 0 Å². The molecule has 0 spiro atoms. The van der Waals surface area contributed by atoms with Gasteiger partial charge >= 0.3 is 5.69 Å². The van der Waals surface area contributed by atoms with Gasteiger partial charge in [-0.2, -0.15) is 0 Å². The third-order valence-electron chi connectivity index (χ3n) is 6.97. The highest BCUT2D eigenvalue weighted by molar-refractivity contribution is 5.97. The summed E-state index contributed by atoms with van der Waals surface area (Å²) in [6, 6.07) is 1.83. The second kappa shape index (κ2) is 8.52. The molecule has 5 rings (SSSR count). The smallest absolute Gasteiger partial charge is 0.330 e. The van der Waals surface area contributed by atoms with Crippen LogP contribution >= 0.6 is 0 Å². The number of amides is 2. The van der Waals surface area contributed by atoms with E-state index in [-0.39, 0.29) is 35.2 Å². The van der Waals surface area contributed by atoms with Gasteiger partial charge in [-0.1, -0.05) is 19.3 Å². The number of carbonyl (C=O) groups excluding carboxylic acids is 2. The molecule has 2 aromatic heterocycles. The molecule has 2 amide bonds. The second-order valence-electron chi connectivity index (χ2n) is 9.39. The maximum absolute atomic E-state index is 13.2. The van der Waals surface area contributed by atoms with Crippen LogP contribution in [-0.4, -0.2) is 50.4 Å². The Morgan fingerprint density at radius 3 is 2.56 bits per heavy atom. The van der Waals surface area contributed by atoms with E-state index in [1.807, 2.05) is 0 Å². The first-order valence-electron chi connectivity index (χ1n) is 11.8. The van der Waals surface area contributed by atoms with Gasteiger partial charge in [-0.3, -0.25) is 23.9 Å². The average Bonchev–Trinajstić information content (AvgIpc) is 3.64. The summed E-state index contributed by atoms with van der Waals surface area (Å²) in [6.45, 7) is 0.940. The summed E-state index contributed by atoms with van der Waals surface area (Å²) in [4.78, 5) is 58.9. The largest absolute Gasteiger partial charge is 0.353 e. The minimum Gasteiger partial charge on any atom is -0.353 e. The van der Waals surface area contributed by atoms with Crippen LogP contribution in [0.5, 0.6) is 0 Å². The van der Waals surface area contributed by atoms with Crippen molar-refractivity contribution in [3.8, 4) is 0 Å². The van der Waals surface area contributed by atoms with Crippen molar-refractivity contribution < 1.29 is 9.59 Å². The van der Waals surface area contributed by atoms with E-state index in [1.165, 1.54) is 23.3 Å². The molecule has 0 aromatic carbocycles. The lowest BCUT2D eigenvalue weighted by Crippen LogP contribution is -2.48. The Labute approximate surface area is 185 Å². The topological polar surface area (TPSA) is 117 Å². The van der Waals surface area contributed by atoms with Crippen molar-refractivity contribution in [3.63, 3.8) is 0 Å². The van der Waals surface area contributed by atoms with Crippen molar-refractivity contribution in [2.45, 2.75) is 69.9 Å². The van der Waals surface area contributed by atoms with Crippen LogP contribution in [0.25, 0.3) is 11.0 Å². The monoisotopic (exact) mass is 439 g/mol. The van der Waals surface area contributed by atoms with E-state index in [9.17, 15) is 19.2 Å². The van der Waals surface area contributed by atoms with Crippen molar-refractivity contribution in [1.82, 2.24) is 24.8 Å². The normalized spacial score (nSPS) is 22.1. The molecule has 0 radical (unpaired) electrons. The number of piperidine rings is 1. The first-order valence-corrected chi connectivity index (χ1v) is 11.8. The molecule has 2 saturated carbocycles. The Morgan fingerprint density at radius 2 is 1.81 bits per heavy atom. The van der Waals surface area contributed by atoms with Crippen LogP contribution in [-0.2, 0) is 4.79 Å². The molecule has 3 fully saturated rings. The highest BCUT2D eigenvalue weighted by Crippen LogP contribution is 2.34. The van der Waals surface area contributed by atoms with Gasteiger partial charge in [0.15, 0.2) is 0 Å². The molecule has 1 saturated heterocycles. The SMILES string of the molecule is O=C(NC1CCCCC1)C1CCCN(C(=O)c2cnc3c(c2)c(=O)[nH]c(=O)n3C2CC2)C1. The van der Waals surface area contributed by atoms with E-state index in [4.69, 9.17) is 0 Å². The van der Waals surface area contributed by atoms with Crippen LogP contribution in [0.15, 0.2) is 21.9 Å². The zero-order valence-corrected chi connectivity index (χ0v) is 18.1. The number of pyridine rings is 1. The zero-order valence-electron chi connectivity index (χ0n) is 18.1. The fourth-order valence-corrected chi connectivity index (χ4v) is 5.05. The van der Waals surface area contributed by atoms with Gasteiger partial charge in [0.25, 0.3) is 11.5 Å². The molecular formula is C23H29N5O4. The summed E-state index contributed by atoms with van der Waals surface area (Å²) in [5.41, 5.74) is -0.370. The lowest BCUT2D eigenvalue weighted by molar-refractivity contribution is -0.127. The molecule has 3 heterocycles. The molecular weight excluding hydrogens is 410 g/mol. The number of H-pyrrole nitrogens is 1. The summed E-state index contributed by atoms with van der Waals surface area (Å²) >= 11 is 0. The van der Waals surface area contributed by atoms with Crippen LogP contribution in [0.1, 0.15) is 74.2 Å². The number of hydrogen-bond acceptors (Lipinski definition) is 5. The Morgan fingerprint density at radius 1 is 1.03 bits per heavy atom. The van der Waals surface area contributed by atoms with Gasteiger partial charge in [-0.15, -0.1) is 0 Å². The van der Waals surface area contributed by atoms with Crippen LogP contribution < -0.4 is 16.6 Å².